The van der Waals surface area contributed by atoms with Crippen LogP contribution in [0.1, 0.15) is 40.0 Å². The summed E-state index contributed by atoms with van der Waals surface area (Å²) in [4.78, 5) is 14.0. The van der Waals surface area contributed by atoms with E-state index in [1.54, 1.807) is 0 Å². The molecule has 1 aliphatic rings. The van der Waals surface area contributed by atoms with Gasteiger partial charge < -0.3 is 10.1 Å². The topological polar surface area (TPSA) is 41.6 Å². The molecule has 1 fully saturated rings. The van der Waals surface area contributed by atoms with Gasteiger partial charge in [-0.15, -0.1) is 0 Å². The summed E-state index contributed by atoms with van der Waals surface area (Å²) >= 11 is 0. The molecule has 0 bridgehead atoms. The lowest BCUT2D eigenvalue weighted by Crippen LogP contribution is -2.44. The van der Waals surface area contributed by atoms with Crippen molar-refractivity contribution in [3.05, 3.63) is 0 Å². The number of nitrogens with one attached hydrogen (secondary N) is 1. The average Bonchev–Trinajstić information content (AvgIpc) is 2.39. The number of hydrogen-bond donors (Lipinski definition) is 1. The highest BCUT2D eigenvalue weighted by molar-refractivity contribution is 5.72. The first-order valence-electron chi connectivity index (χ1n) is 7.26. The van der Waals surface area contributed by atoms with Crippen LogP contribution in [0, 0.1) is 5.92 Å². The molecule has 1 heterocycles. The summed E-state index contributed by atoms with van der Waals surface area (Å²) < 4.78 is 4.99. The van der Waals surface area contributed by atoms with Crippen LogP contribution in [0.3, 0.4) is 0 Å². The number of piperidine rings is 1. The van der Waals surface area contributed by atoms with Crippen molar-refractivity contribution in [1.82, 2.24) is 10.2 Å². The predicted molar refractivity (Wildman–Crippen MR) is 73.6 cm³/mol. The SMILES string of the molecule is CCOC(=O)C(C)CNCC(C)N1CCCCC1. The molecule has 0 aromatic carbocycles. The molecule has 4 heteroatoms. The van der Waals surface area contributed by atoms with Crippen LogP contribution in [0.15, 0.2) is 0 Å². The van der Waals surface area contributed by atoms with Gasteiger partial charge in [-0.05, 0) is 39.8 Å². The molecule has 0 aromatic heterocycles. The summed E-state index contributed by atoms with van der Waals surface area (Å²) in [7, 11) is 0. The fourth-order valence-electron chi connectivity index (χ4n) is 2.36. The highest BCUT2D eigenvalue weighted by atomic mass is 16.5. The van der Waals surface area contributed by atoms with Gasteiger partial charge in [-0.1, -0.05) is 13.3 Å². The number of carbonyl (C=O) groups excluding carboxylic acids is 1. The maximum Gasteiger partial charge on any atom is 0.309 e. The third kappa shape index (κ3) is 5.36. The summed E-state index contributed by atoms with van der Waals surface area (Å²) in [5, 5.41) is 3.38. The molecule has 0 aromatic rings. The maximum atomic E-state index is 11.4. The van der Waals surface area contributed by atoms with Gasteiger partial charge in [0.05, 0.1) is 12.5 Å². The molecule has 4 nitrogen and oxygen atoms in total. The van der Waals surface area contributed by atoms with Crippen LogP contribution in [0.4, 0.5) is 0 Å². The van der Waals surface area contributed by atoms with Gasteiger partial charge in [-0.25, -0.2) is 0 Å². The number of rotatable bonds is 7. The minimum atomic E-state index is -0.101. The van der Waals surface area contributed by atoms with Gasteiger partial charge in [0.15, 0.2) is 0 Å². The Morgan fingerprint density at radius 2 is 1.89 bits per heavy atom. The Kier molecular flexibility index (Phi) is 7.28. The van der Waals surface area contributed by atoms with Crippen molar-refractivity contribution in [2.45, 2.75) is 46.1 Å². The van der Waals surface area contributed by atoms with Gasteiger partial charge in [0, 0.05) is 19.1 Å². The van der Waals surface area contributed by atoms with E-state index in [1.165, 1.54) is 32.4 Å². The normalized spacial score (nSPS) is 20.4. The van der Waals surface area contributed by atoms with Crippen molar-refractivity contribution in [1.29, 1.82) is 0 Å². The van der Waals surface area contributed by atoms with E-state index in [4.69, 9.17) is 4.74 Å². The number of carbonyl (C=O) groups is 1. The molecule has 18 heavy (non-hydrogen) atoms. The van der Waals surface area contributed by atoms with Gasteiger partial charge in [0.1, 0.15) is 0 Å². The average molecular weight is 256 g/mol. The van der Waals surface area contributed by atoms with E-state index in [0.717, 1.165) is 6.54 Å². The highest BCUT2D eigenvalue weighted by Gasteiger charge is 2.17. The van der Waals surface area contributed by atoms with Gasteiger partial charge in [0.2, 0.25) is 0 Å². The molecule has 0 radical (unpaired) electrons. The minimum Gasteiger partial charge on any atom is -0.466 e. The lowest BCUT2D eigenvalue weighted by atomic mass is 10.1. The predicted octanol–water partition coefficient (Wildman–Crippen LogP) is 1.65. The van der Waals surface area contributed by atoms with Crippen molar-refractivity contribution in [3.8, 4) is 0 Å². The molecular weight excluding hydrogens is 228 g/mol. The Bertz CT molecular complexity index is 240. The number of ether oxygens (including phenoxy) is 1. The van der Waals surface area contributed by atoms with E-state index in [-0.39, 0.29) is 11.9 Å². The summed E-state index contributed by atoms with van der Waals surface area (Å²) in [6.07, 6.45) is 4.02. The van der Waals surface area contributed by atoms with Crippen LogP contribution >= 0.6 is 0 Å². The quantitative estimate of drug-likeness (QED) is 0.703. The largest absolute Gasteiger partial charge is 0.466 e. The van der Waals surface area contributed by atoms with E-state index in [0.29, 0.717) is 19.2 Å². The molecule has 0 spiro atoms. The van der Waals surface area contributed by atoms with Gasteiger partial charge in [-0.3, -0.25) is 9.69 Å². The highest BCUT2D eigenvalue weighted by Crippen LogP contribution is 2.11. The van der Waals surface area contributed by atoms with Crippen LogP contribution in [0.5, 0.6) is 0 Å². The molecule has 2 unspecified atom stereocenters. The molecule has 1 aliphatic heterocycles. The number of esters is 1. The Balaban J connectivity index is 2.14. The first-order chi connectivity index (χ1) is 8.65. The second-order valence-electron chi connectivity index (χ2n) is 5.26. The van der Waals surface area contributed by atoms with Crippen LogP contribution in [-0.2, 0) is 9.53 Å². The van der Waals surface area contributed by atoms with Crippen molar-refractivity contribution >= 4 is 5.97 Å². The van der Waals surface area contributed by atoms with Crippen molar-refractivity contribution in [2.24, 2.45) is 5.92 Å². The molecule has 0 aliphatic carbocycles. The van der Waals surface area contributed by atoms with E-state index in [9.17, 15) is 4.79 Å². The molecule has 1 rings (SSSR count). The van der Waals surface area contributed by atoms with Crippen LogP contribution < -0.4 is 5.32 Å². The van der Waals surface area contributed by atoms with Crippen molar-refractivity contribution in [3.63, 3.8) is 0 Å². The Labute approximate surface area is 111 Å². The van der Waals surface area contributed by atoms with Gasteiger partial charge in [-0.2, -0.15) is 0 Å². The molecule has 2 atom stereocenters. The summed E-state index contributed by atoms with van der Waals surface area (Å²) in [5.41, 5.74) is 0. The summed E-state index contributed by atoms with van der Waals surface area (Å²) in [6.45, 7) is 10.6. The summed E-state index contributed by atoms with van der Waals surface area (Å²) in [6, 6.07) is 0.555. The molecule has 106 valence electrons. The van der Waals surface area contributed by atoms with Gasteiger partial charge >= 0.3 is 5.97 Å². The van der Waals surface area contributed by atoms with E-state index >= 15 is 0 Å². The summed E-state index contributed by atoms with van der Waals surface area (Å²) in [5.74, 6) is -0.158. The lowest BCUT2D eigenvalue weighted by Gasteiger charge is -2.32. The zero-order valence-corrected chi connectivity index (χ0v) is 12.1. The van der Waals surface area contributed by atoms with Crippen LogP contribution in [0.25, 0.3) is 0 Å². The first-order valence-corrected chi connectivity index (χ1v) is 7.26. The molecule has 1 saturated heterocycles. The molecule has 1 N–H and O–H groups in total. The Morgan fingerprint density at radius 1 is 1.22 bits per heavy atom. The third-order valence-electron chi connectivity index (χ3n) is 3.59. The van der Waals surface area contributed by atoms with Crippen molar-refractivity contribution < 1.29 is 9.53 Å². The van der Waals surface area contributed by atoms with E-state index in [1.807, 2.05) is 13.8 Å². The second kappa shape index (κ2) is 8.48. The van der Waals surface area contributed by atoms with E-state index < -0.39 is 0 Å². The molecule has 0 amide bonds. The fourth-order valence-corrected chi connectivity index (χ4v) is 2.36. The molecule has 0 saturated carbocycles. The smallest absolute Gasteiger partial charge is 0.309 e. The third-order valence-corrected chi connectivity index (χ3v) is 3.59. The molecular formula is C14H28N2O2. The first kappa shape index (κ1) is 15.4. The number of likely N-dealkylation sites (tertiary alicyclic amines) is 1. The number of hydrogen-bond acceptors (Lipinski definition) is 4. The van der Waals surface area contributed by atoms with Crippen molar-refractivity contribution in [2.75, 3.05) is 32.8 Å². The number of nitrogens with zero attached hydrogens (tertiary/aromatic N) is 1. The fraction of sp³-hybridized carbons (Fsp3) is 0.929. The zero-order chi connectivity index (χ0) is 13.4. The van der Waals surface area contributed by atoms with E-state index in [2.05, 4.69) is 17.1 Å². The van der Waals surface area contributed by atoms with Crippen LogP contribution in [-0.4, -0.2) is 49.7 Å². The van der Waals surface area contributed by atoms with Gasteiger partial charge in [0.25, 0.3) is 0 Å². The lowest BCUT2D eigenvalue weighted by molar-refractivity contribution is -0.147. The Morgan fingerprint density at radius 3 is 2.50 bits per heavy atom. The zero-order valence-electron chi connectivity index (χ0n) is 12.1. The standard InChI is InChI=1S/C14H28N2O2/c1-4-18-14(17)12(2)10-15-11-13(3)16-8-6-5-7-9-16/h12-13,15H,4-11H2,1-3H3. The second-order valence-corrected chi connectivity index (χ2v) is 5.26. The minimum absolute atomic E-state index is 0.0569. The monoisotopic (exact) mass is 256 g/mol. The maximum absolute atomic E-state index is 11.4. The Hall–Kier alpha value is -0.610. The van der Waals surface area contributed by atoms with Crippen LogP contribution in [0.2, 0.25) is 0 Å².